The van der Waals surface area contributed by atoms with E-state index in [9.17, 15) is 4.79 Å². The van der Waals surface area contributed by atoms with Crippen LogP contribution in [0.4, 0.5) is 0 Å². The Kier molecular flexibility index (Phi) is 6.92. The molecule has 2 aliphatic rings. The normalized spacial score (nSPS) is 19.9. The Morgan fingerprint density at radius 3 is 2.46 bits per heavy atom. The number of piperidine rings is 1. The van der Waals surface area contributed by atoms with Crippen LogP contribution in [0.3, 0.4) is 0 Å². The molecular weight excluding hydrogens is 326 g/mol. The summed E-state index contributed by atoms with van der Waals surface area (Å²) < 4.78 is 5.24. The molecule has 1 aliphatic heterocycles. The van der Waals surface area contributed by atoms with Gasteiger partial charge in [0.25, 0.3) is 0 Å². The first kappa shape index (κ1) is 19.2. The number of carbonyl (C=O) groups is 1. The van der Waals surface area contributed by atoms with Gasteiger partial charge in [-0.3, -0.25) is 9.69 Å². The quantitative estimate of drug-likeness (QED) is 0.712. The lowest BCUT2D eigenvalue weighted by molar-refractivity contribution is -0.123. The van der Waals surface area contributed by atoms with Gasteiger partial charge in [0.05, 0.1) is 19.7 Å². The number of nitrogens with zero attached hydrogens (tertiary/aromatic N) is 1. The van der Waals surface area contributed by atoms with E-state index in [0.717, 1.165) is 31.3 Å². The first-order valence-corrected chi connectivity index (χ1v) is 10.00. The number of hydrogen-bond acceptors (Lipinski definition) is 4. The minimum absolute atomic E-state index is 0.140. The topological polar surface area (TPSA) is 53.6 Å². The second-order valence-electron chi connectivity index (χ2n) is 7.77. The van der Waals surface area contributed by atoms with Crippen molar-refractivity contribution in [1.29, 1.82) is 0 Å². The number of amides is 1. The second-order valence-corrected chi connectivity index (χ2v) is 7.77. The molecule has 5 heteroatoms. The fraction of sp³-hybridized carbons (Fsp3) is 0.667. The summed E-state index contributed by atoms with van der Waals surface area (Å²) in [5.41, 5.74) is 1.19. The Labute approximate surface area is 157 Å². The summed E-state index contributed by atoms with van der Waals surface area (Å²) >= 11 is 0. The van der Waals surface area contributed by atoms with Crippen molar-refractivity contribution in [1.82, 2.24) is 15.5 Å². The standard InChI is InChI=1S/C21H33N3O2/c1-22-12-9-16-10-13-24(14-11-16)15-20(25)23-21(17-3-4-17)18-5-7-19(26-2)8-6-18/h5-8,16-17,21-22H,3-4,9-15H2,1-2H3,(H,23,25). The maximum atomic E-state index is 12.6. The summed E-state index contributed by atoms with van der Waals surface area (Å²) in [7, 11) is 3.69. The van der Waals surface area contributed by atoms with E-state index in [-0.39, 0.29) is 11.9 Å². The van der Waals surface area contributed by atoms with Crippen LogP contribution in [0.2, 0.25) is 0 Å². The Balaban J connectivity index is 1.48. The van der Waals surface area contributed by atoms with Crippen molar-refractivity contribution in [2.24, 2.45) is 11.8 Å². The molecule has 0 bridgehead atoms. The zero-order valence-electron chi connectivity index (χ0n) is 16.2. The SMILES string of the molecule is CNCCC1CCN(CC(=O)NC(c2ccc(OC)cc2)C2CC2)CC1. The van der Waals surface area contributed by atoms with Crippen LogP contribution in [0.15, 0.2) is 24.3 Å². The van der Waals surface area contributed by atoms with Crippen LogP contribution in [0.5, 0.6) is 5.75 Å². The van der Waals surface area contributed by atoms with Crippen LogP contribution >= 0.6 is 0 Å². The van der Waals surface area contributed by atoms with Crippen LogP contribution < -0.4 is 15.4 Å². The minimum Gasteiger partial charge on any atom is -0.497 e. The van der Waals surface area contributed by atoms with Crippen LogP contribution in [0.25, 0.3) is 0 Å². The molecule has 0 spiro atoms. The van der Waals surface area contributed by atoms with Crippen LogP contribution in [0, 0.1) is 11.8 Å². The number of methoxy groups -OCH3 is 1. The Hall–Kier alpha value is -1.59. The van der Waals surface area contributed by atoms with E-state index < -0.39 is 0 Å². The number of benzene rings is 1. The van der Waals surface area contributed by atoms with E-state index >= 15 is 0 Å². The van der Waals surface area contributed by atoms with Gasteiger partial charge in [-0.1, -0.05) is 12.1 Å². The van der Waals surface area contributed by atoms with Gasteiger partial charge in [0, 0.05) is 0 Å². The number of ether oxygens (including phenoxy) is 1. The second kappa shape index (κ2) is 9.38. The molecule has 1 saturated heterocycles. The molecule has 1 amide bonds. The molecule has 1 aliphatic carbocycles. The third-order valence-electron chi connectivity index (χ3n) is 5.76. The summed E-state index contributed by atoms with van der Waals surface area (Å²) in [5.74, 6) is 2.40. The third kappa shape index (κ3) is 5.45. The van der Waals surface area contributed by atoms with Crippen LogP contribution in [-0.4, -0.2) is 51.1 Å². The molecule has 0 radical (unpaired) electrons. The number of rotatable bonds is 9. The van der Waals surface area contributed by atoms with E-state index in [1.54, 1.807) is 7.11 Å². The van der Waals surface area contributed by atoms with E-state index in [1.807, 2.05) is 19.2 Å². The highest BCUT2D eigenvalue weighted by Crippen LogP contribution is 2.41. The lowest BCUT2D eigenvalue weighted by Crippen LogP contribution is -2.43. The molecular formula is C21H33N3O2. The maximum absolute atomic E-state index is 12.6. The Bertz CT molecular complexity index is 563. The molecule has 2 N–H and O–H groups in total. The molecule has 26 heavy (non-hydrogen) atoms. The number of hydrogen-bond donors (Lipinski definition) is 2. The van der Waals surface area contributed by atoms with Crippen molar-refractivity contribution in [2.45, 2.75) is 38.1 Å². The summed E-state index contributed by atoms with van der Waals surface area (Å²) in [6.07, 6.45) is 6.07. The van der Waals surface area contributed by atoms with E-state index in [1.165, 1.54) is 37.7 Å². The summed E-state index contributed by atoms with van der Waals surface area (Å²) in [6, 6.07) is 8.26. The van der Waals surface area contributed by atoms with Crippen molar-refractivity contribution in [3.05, 3.63) is 29.8 Å². The molecule has 1 saturated carbocycles. The smallest absolute Gasteiger partial charge is 0.234 e. The molecule has 1 atom stereocenters. The zero-order chi connectivity index (χ0) is 18.4. The zero-order valence-corrected chi connectivity index (χ0v) is 16.2. The predicted molar refractivity (Wildman–Crippen MR) is 104 cm³/mol. The maximum Gasteiger partial charge on any atom is 0.234 e. The first-order valence-electron chi connectivity index (χ1n) is 10.00. The third-order valence-corrected chi connectivity index (χ3v) is 5.76. The molecule has 1 aromatic carbocycles. The molecule has 0 aromatic heterocycles. The number of carbonyl (C=O) groups excluding carboxylic acids is 1. The lowest BCUT2D eigenvalue weighted by Gasteiger charge is -2.32. The molecule has 3 rings (SSSR count). The summed E-state index contributed by atoms with van der Waals surface area (Å²) in [6.45, 7) is 3.70. The van der Waals surface area contributed by atoms with Crippen molar-refractivity contribution in [3.63, 3.8) is 0 Å². The molecule has 5 nitrogen and oxygen atoms in total. The van der Waals surface area contributed by atoms with E-state index in [4.69, 9.17) is 4.74 Å². The number of likely N-dealkylation sites (tertiary alicyclic amines) is 1. The van der Waals surface area contributed by atoms with Crippen molar-refractivity contribution >= 4 is 5.91 Å². The summed E-state index contributed by atoms with van der Waals surface area (Å²) in [5, 5.41) is 6.53. The highest BCUT2D eigenvalue weighted by molar-refractivity contribution is 5.78. The summed E-state index contributed by atoms with van der Waals surface area (Å²) in [4.78, 5) is 14.9. The fourth-order valence-electron chi connectivity index (χ4n) is 3.92. The van der Waals surface area contributed by atoms with Crippen molar-refractivity contribution < 1.29 is 9.53 Å². The van der Waals surface area contributed by atoms with Gasteiger partial charge in [-0.15, -0.1) is 0 Å². The van der Waals surface area contributed by atoms with Crippen molar-refractivity contribution in [3.8, 4) is 5.75 Å². The number of nitrogens with one attached hydrogen (secondary N) is 2. The molecule has 1 heterocycles. The van der Waals surface area contributed by atoms with Crippen LogP contribution in [-0.2, 0) is 4.79 Å². The van der Waals surface area contributed by atoms with E-state index in [2.05, 4.69) is 27.7 Å². The van der Waals surface area contributed by atoms with Gasteiger partial charge in [-0.25, -0.2) is 0 Å². The van der Waals surface area contributed by atoms with Gasteiger partial charge in [-0.05, 0) is 88.3 Å². The molecule has 2 fully saturated rings. The van der Waals surface area contributed by atoms with Gasteiger partial charge < -0.3 is 15.4 Å². The molecule has 1 aromatic rings. The Morgan fingerprint density at radius 1 is 1.19 bits per heavy atom. The first-order chi connectivity index (χ1) is 12.7. The fourth-order valence-corrected chi connectivity index (χ4v) is 3.92. The molecule has 144 valence electrons. The molecule has 1 unspecified atom stereocenters. The average Bonchev–Trinajstić information content (AvgIpc) is 3.51. The monoisotopic (exact) mass is 359 g/mol. The van der Waals surface area contributed by atoms with E-state index in [0.29, 0.717) is 12.5 Å². The largest absolute Gasteiger partial charge is 0.497 e. The Morgan fingerprint density at radius 2 is 1.88 bits per heavy atom. The average molecular weight is 360 g/mol. The van der Waals surface area contributed by atoms with Gasteiger partial charge in [0.15, 0.2) is 0 Å². The predicted octanol–water partition coefficient (Wildman–Crippen LogP) is 2.58. The van der Waals surface area contributed by atoms with Gasteiger partial charge >= 0.3 is 0 Å². The minimum atomic E-state index is 0.140. The lowest BCUT2D eigenvalue weighted by atomic mass is 9.93. The van der Waals surface area contributed by atoms with Gasteiger partial charge in [0.2, 0.25) is 5.91 Å². The highest BCUT2D eigenvalue weighted by Gasteiger charge is 2.33. The van der Waals surface area contributed by atoms with Crippen molar-refractivity contribution in [2.75, 3.05) is 40.3 Å². The highest BCUT2D eigenvalue weighted by atomic mass is 16.5. The van der Waals surface area contributed by atoms with Crippen LogP contribution in [0.1, 0.15) is 43.7 Å². The van der Waals surface area contributed by atoms with Gasteiger partial charge in [0.1, 0.15) is 5.75 Å². The van der Waals surface area contributed by atoms with Gasteiger partial charge in [-0.2, -0.15) is 0 Å².